The lowest BCUT2D eigenvalue weighted by molar-refractivity contribution is -0.384. The van der Waals surface area contributed by atoms with Crippen molar-refractivity contribution in [2.75, 3.05) is 0 Å². The van der Waals surface area contributed by atoms with E-state index in [9.17, 15) is 10.1 Å². The molecule has 0 N–H and O–H groups in total. The molecule has 1 aliphatic rings. The van der Waals surface area contributed by atoms with Gasteiger partial charge in [-0.15, -0.1) is 0 Å². The highest BCUT2D eigenvalue weighted by molar-refractivity contribution is 5.88. The first-order chi connectivity index (χ1) is 11.5. The summed E-state index contributed by atoms with van der Waals surface area (Å²) in [6.07, 6.45) is 2.62. The Balaban J connectivity index is 2.06. The van der Waals surface area contributed by atoms with Crippen molar-refractivity contribution in [3.63, 3.8) is 0 Å². The maximum Gasteiger partial charge on any atom is 0.313 e. The largest absolute Gasteiger partial charge is 0.313 e. The quantitative estimate of drug-likeness (QED) is 0.520. The van der Waals surface area contributed by atoms with Gasteiger partial charge in [0.25, 0.3) is 0 Å². The highest BCUT2D eigenvalue weighted by Crippen LogP contribution is 2.52. The molecule has 24 heavy (non-hydrogen) atoms. The van der Waals surface area contributed by atoms with E-state index in [2.05, 4.69) is 42.0 Å². The Hall–Kier alpha value is -3.08. The molecule has 1 heterocycles. The highest BCUT2D eigenvalue weighted by atomic mass is 16.6. The predicted molar refractivity (Wildman–Crippen MR) is 91.7 cm³/mol. The third-order valence-electron chi connectivity index (χ3n) is 4.72. The van der Waals surface area contributed by atoms with Crippen LogP contribution in [0.5, 0.6) is 0 Å². The van der Waals surface area contributed by atoms with Crippen molar-refractivity contribution >= 4 is 5.69 Å². The Morgan fingerprint density at radius 3 is 2.50 bits per heavy atom. The van der Waals surface area contributed by atoms with Gasteiger partial charge < -0.3 is 0 Å². The van der Waals surface area contributed by atoms with E-state index in [1.165, 1.54) is 23.7 Å². The maximum atomic E-state index is 11.4. The number of hydrogen-bond acceptors (Lipinski definition) is 4. The molecule has 5 heteroatoms. The van der Waals surface area contributed by atoms with Crippen LogP contribution in [0.3, 0.4) is 0 Å². The topological polar surface area (TPSA) is 68.9 Å². The van der Waals surface area contributed by atoms with Crippen molar-refractivity contribution in [1.82, 2.24) is 9.97 Å². The second-order valence-electron chi connectivity index (χ2n) is 6.41. The zero-order valence-electron chi connectivity index (χ0n) is 13.4. The zero-order valence-corrected chi connectivity index (χ0v) is 13.4. The van der Waals surface area contributed by atoms with Gasteiger partial charge in [-0.3, -0.25) is 10.1 Å². The molecule has 118 valence electrons. The van der Waals surface area contributed by atoms with Crippen LogP contribution in [0.2, 0.25) is 0 Å². The zero-order chi connectivity index (χ0) is 16.9. The fraction of sp³-hybridized carbons (Fsp3) is 0.158. The minimum Gasteiger partial charge on any atom is -0.258 e. The Bertz CT molecular complexity index is 980. The van der Waals surface area contributed by atoms with Crippen LogP contribution in [0.1, 0.15) is 25.0 Å². The first-order valence-electron chi connectivity index (χ1n) is 7.70. The van der Waals surface area contributed by atoms with Gasteiger partial charge in [0.05, 0.1) is 4.92 Å². The summed E-state index contributed by atoms with van der Waals surface area (Å²) in [5.41, 5.74) is 5.43. The Morgan fingerprint density at radius 1 is 1.00 bits per heavy atom. The molecule has 0 radical (unpaired) electrons. The molecular weight excluding hydrogens is 302 g/mol. The maximum absolute atomic E-state index is 11.4. The fourth-order valence-electron chi connectivity index (χ4n) is 3.71. The molecule has 5 nitrogen and oxygen atoms in total. The van der Waals surface area contributed by atoms with Crippen LogP contribution in [-0.2, 0) is 5.41 Å². The van der Waals surface area contributed by atoms with E-state index < -0.39 is 4.92 Å². The second-order valence-corrected chi connectivity index (χ2v) is 6.41. The summed E-state index contributed by atoms with van der Waals surface area (Å²) in [7, 11) is 0. The molecule has 0 amide bonds. The number of aromatic nitrogens is 2. The highest BCUT2D eigenvalue weighted by Gasteiger charge is 2.38. The van der Waals surface area contributed by atoms with Gasteiger partial charge in [0.15, 0.2) is 5.69 Å². The van der Waals surface area contributed by atoms with Crippen LogP contribution in [0.25, 0.3) is 22.4 Å². The molecule has 0 fully saturated rings. The molecule has 0 bridgehead atoms. The number of hydrogen-bond donors (Lipinski definition) is 0. The molecule has 1 aliphatic carbocycles. The first-order valence-corrected chi connectivity index (χ1v) is 7.70. The van der Waals surface area contributed by atoms with Crippen molar-refractivity contribution in [1.29, 1.82) is 0 Å². The van der Waals surface area contributed by atoms with E-state index in [0.29, 0.717) is 5.69 Å². The molecule has 0 unspecified atom stereocenters. The van der Waals surface area contributed by atoms with E-state index in [1.54, 1.807) is 0 Å². The summed E-state index contributed by atoms with van der Waals surface area (Å²) in [4.78, 5) is 19.0. The third kappa shape index (κ3) is 1.88. The van der Waals surface area contributed by atoms with Crippen LogP contribution < -0.4 is 0 Å². The molecule has 0 spiro atoms. The first kappa shape index (κ1) is 14.5. The summed E-state index contributed by atoms with van der Waals surface area (Å²) in [6.45, 7) is 4.29. The summed E-state index contributed by atoms with van der Waals surface area (Å²) in [5.74, 6) is 0. The summed E-state index contributed by atoms with van der Waals surface area (Å²) in [5, 5.41) is 11.4. The Labute approximate surface area is 139 Å². The van der Waals surface area contributed by atoms with Crippen molar-refractivity contribution in [2.45, 2.75) is 19.3 Å². The predicted octanol–water partition coefficient (Wildman–Crippen LogP) is 4.36. The standard InChI is InChI=1S/C19H15N3O2/c1-19(2)15-9-4-3-6-12(15)13-7-5-8-14(17(13)19)18-16(22(23)24)10-20-11-21-18/h3-11H,1-2H3. The molecule has 1 aromatic heterocycles. The van der Waals surface area contributed by atoms with Crippen LogP contribution in [0, 0.1) is 10.1 Å². The molecule has 0 saturated carbocycles. The molecule has 0 aliphatic heterocycles. The fourth-order valence-corrected chi connectivity index (χ4v) is 3.71. The Morgan fingerprint density at radius 2 is 1.71 bits per heavy atom. The molecule has 3 aromatic rings. The number of benzene rings is 2. The molecule has 0 atom stereocenters. The van der Waals surface area contributed by atoms with Crippen LogP contribution in [0.15, 0.2) is 55.0 Å². The van der Waals surface area contributed by atoms with Gasteiger partial charge in [0.2, 0.25) is 0 Å². The minimum atomic E-state index is -0.427. The lowest BCUT2D eigenvalue weighted by Gasteiger charge is -2.24. The van der Waals surface area contributed by atoms with Crippen molar-refractivity contribution in [3.8, 4) is 22.4 Å². The molecule has 0 saturated heterocycles. The van der Waals surface area contributed by atoms with Crippen molar-refractivity contribution < 1.29 is 4.92 Å². The number of rotatable bonds is 2. The van der Waals surface area contributed by atoms with Crippen LogP contribution in [-0.4, -0.2) is 14.9 Å². The van der Waals surface area contributed by atoms with Gasteiger partial charge >= 0.3 is 5.69 Å². The van der Waals surface area contributed by atoms with Gasteiger partial charge in [-0.05, 0) is 22.3 Å². The molecular formula is C19H15N3O2. The smallest absolute Gasteiger partial charge is 0.258 e. The minimum absolute atomic E-state index is 0.0716. The van der Waals surface area contributed by atoms with E-state index in [4.69, 9.17) is 0 Å². The van der Waals surface area contributed by atoms with E-state index >= 15 is 0 Å². The monoisotopic (exact) mass is 317 g/mol. The van der Waals surface area contributed by atoms with Gasteiger partial charge in [-0.25, -0.2) is 9.97 Å². The SMILES string of the molecule is CC1(C)c2ccccc2-c2cccc(-c3ncncc3[N+](=O)[O-])c21. The van der Waals surface area contributed by atoms with Gasteiger partial charge in [0, 0.05) is 11.0 Å². The van der Waals surface area contributed by atoms with E-state index in [-0.39, 0.29) is 11.1 Å². The van der Waals surface area contributed by atoms with Gasteiger partial charge in [-0.2, -0.15) is 0 Å². The lowest BCUT2D eigenvalue weighted by Crippen LogP contribution is -2.16. The number of fused-ring (bicyclic) bond motifs is 3. The van der Waals surface area contributed by atoms with Crippen LogP contribution in [0.4, 0.5) is 5.69 Å². The van der Waals surface area contributed by atoms with E-state index in [0.717, 1.165) is 16.7 Å². The average Bonchev–Trinajstić information content (AvgIpc) is 2.83. The normalized spacial score (nSPS) is 14.1. The third-order valence-corrected chi connectivity index (χ3v) is 4.72. The second kappa shape index (κ2) is 4.96. The molecule has 2 aromatic carbocycles. The Kier molecular flexibility index (Phi) is 3.00. The summed E-state index contributed by atoms with van der Waals surface area (Å²) < 4.78 is 0. The van der Waals surface area contributed by atoms with Crippen LogP contribution >= 0.6 is 0 Å². The number of nitrogens with zero attached hydrogens (tertiary/aromatic N) is 3. The van der Waals surface area contributed by atoms with Gasteiger partial charge in [-0.1, -0.05) is 56.3 Å². The average molecular weight is 317 g/mol. The van der Waals surface area contributed by atoms with E-state index in [1.807, 2.05) is 24.3 Å². The van der Waals surface area contributed by atoms with Gasteiger partial charge in [0.1, 0.15) is 12.5 Å². The van der Waals surface area contributed by atoms with Crippen molar-refractivity contribution in [2.24, 2.45) is 0 Å². The lowest BCUT2D eigenvalue weighted by atomic mass is 9.79. The number of nitro groups is 1. The molecule has 4 rings (SSSR count). The van der Waals surface area contributed by atoms with Crippen molar-refractivity contribution in [3.05, 3.63) is 76.2 Å². The summed E-state index contributed by atoms with van der Waals surface area (Å²) in [6, 6.07) is 14.2. The summed E-state index contributed by atoms with van der Waals surface area (Å²) >= 11 is 0.